The Morgan fingerprint density at radius 3 is 2.23 bits per heavy atom. The molecule has 1 heterocycles. The second kappa shape index (κ2) is 8.86. The molecule has 0 bridgehead atoms. The molecule has 1 aliphatic rings. The number of anilines is 2. The molecule has 0 amide bonds. The van der Waals surface area contributed by atoms with Crippen LogP contribution in [0.1, 0.15) is 32.8 Å². The van der Waals surface area contributed by atoms with Gasteiger partial charge in [0.05, 0.1) is 23.4 Å². The van der Waals surface area contributed by atoms with E-state index in [2.05, 4.69) is 42.3 Å². The van der Waals surface area contributed by atoms with Crippen LogP contribution in [0.5, 0.6) is 5.75 Å². The first-order valence-electron chi connectivity index (χ1n) is 10.4. The number of hydrogen-bond donors (Lipinski definition) is 1. The summed E-state index contributed by atoms with van der Waals surface area (Å²) >= 11 is 0. The molecule has 0 unspecified atom stereocenters. The van der Waals surface area contributed by atoms with E-state index in [-0.39, 0.29) is 10.3 Å². The molecule has 1 aliphatic heterocycles. The maximum absolute atomic E-state index is 13.0. The predicted molar refractivity (Wildman–Crippen MR) is 123 cm³/mol. The Labute approximate surface area is 180 Å². The normalized spacial score (nSPS) is 15.8. The van der Waals surface area contributed by atoms with Crippen molar-refractivity contribution < 1.29 is 13.2 Å². The number of nitrogens with zero attached hydrogens (tertiary/aromatic N) is 2. The smallest absolute Gasteiger partial charge is 0.261 e. The Balaban J connectivity index is 1.83. The van der Waals surface area contributed by atoms with Gasteiger partial charge in [0.15, 0.2) is 0 Å². The van der Waals surface area contributed by atoms with Crippen LogP contribution in [0.3, 0.4) is 0 Å². The zero-order valence-corrected chi connectivity index (χ0v) is 19.4. The Kier molecular flexibility index (Phi) is 6.62. The van der Waals surface area contributed by atoms with E-state index < -0.39 is 10.0 Å². The largest absolute Gasteiger partial charge is 0.495 e. The average molecular weight is 432 g/mol. The lowest BCUT2D eigenvalue weighted by atomic mass is 9.82. The second-order valence-corrected chi connectivity index (χ2v) is 10.2. The van der Waals surface area contributed by atoms with Crippen molar-refractivity contribution in [1.82, 2.24) is 4.90 Å². The van der Waals surface area contributed by atoms with Gasteiger partial charge < -0.3 is 14.5 Å². The van der Waals surface area contributed by atoms with Crippen molar-refractivity contribution in [2.45, 2.75) is 37.5 Å². The molecule has 2 aromatic carbocycles. The van der Waals surface area contributed by atoms with Crippen molar-refractivity contribution in [3.05, 3.63) is 48.0 Å². The highest BCUT2D eigenvalue weighted by atomic mass is 32.2. The van der Waals surface area contributed by atoms with E-state index in [1.165, 1.54) is 0 Å². The van der Waals surface area contributed by atoms with E-state index in [1.807, 2.05) is 24.3 Å². The fourth-order valence-corrected chi connectivity index (χ4v) is 4.60. The SMILES string of the molecule is CCC(C)(C)c1ccc(S(=O)(=O)Nc2ccc(OC)c(N3CCN(C)CC3)c2)cc1. The summed E-state index contributed by atoms with van der Waals surface area (Å²) < 4.78 is 34.2. The van der Waals surface area contributed by atoms with Crippen LogP contribution in [0.15, 0.2) is 47.4 Å². The molecule has 30 heavy (non-hydrogen) atoms. The van der Waals surface area contributed by atoms with Crippen LogP contribution < -0.4 is 14.4 Å². The number of likely N-dealkylation sites (N-methyl/N-ethyl adjacent to an activating group) is 1. The van der Waals surface area contributed by atoms with Crippen LogP contribution in [0.25, 0.3) is 0 Å². The van der Waals surface area contributed by atoms with E-state index in [4.69, 9.17) is 4.74 Å². The monoisotopic (exact) mass is 431 g/mol. The van der Waals surface area contributed by atoms with Crippen LogP contribution in [0, 0.1) is 0 Å². The minimum absolute atomic E-state index is 0.0170. The summed E-state index contributed by atoms with van der Waals surface area (Å²) in [6.07, 6.45) is 0.984. The van der Waals surface area contributed by atoms with Crippen molar-refractivity contribution in [2.75, 3.05) is 50.0 Å². The molecule has 7 heteroatoms. The highest BCUT2D eigenvalue weighted by Gasteiger charge is 2.22. The zero-order valence-electron chi connectivity index (χ0n) is 18.6. The predicted octanol–water partition coefficient (Wildman–Crippen LogP) is 3.94. The number of ether oxygens (including phenoxy) is 1. The number of hydrogen-bond acceptors (Lipinski definition) is 5. The van der Waals surface area contributed by atoms with Gasteiger partial charge in [-0.3, -0.25) is 4.72 Å². The average Bonchev–Trinajstić information content (AvgIpc) is 2.74. The first-order valence-corrected chi connectivity index (χ1v) is 11.9. The van der Waals surface area contributed by atoms with Crippen molar-refractivity contribution in [2.24, 2.45) is 0 Å². The molecule has 164 valence electrons. The molecular weight excluding hydrogens is 398 g/mol. The standard InChI is InChI=1S/C23H33N3O3S/c1-6-23(2,3)18-7-10-20(11-8-18)30(27,28)24-19-9-12-22(29-5)21(17-19)26-15-13-25(4)14-16-26/h7-12,17,24H,6,13-16H2,1-5H3. The van der Waals surface area contributed by atoms with Crippen molar-refractivity contribution in [3.63, 3.8) is 0 Å². The molecule has 0 spiro atoms. The van der Waals surface area contributed by atoms with Crippen LogP contribution in [0.2, 0.25) is 0 Å². The summed E-state index contributed by atoms with van der Waals surface area (Å²) in [4.78, 5) is 4.77. The third-order valence-electron chi connectivity index (χ3n) is 6.11. The van der Waals surface area contributed by atoms with Gasteiger partial charge in [0.1, 0.15) is 5.75 Å². The Hall–Kier alpha value is -2.25. The van der Waals surface area contributed by atoms with Crippen molar-refractivity contribution in [3.8, 4) is 5.75 Å². The number of sulfonamides is 1. The van der Waals surface area contributed by atoms with E-state index in [9.17, 15) is 8.42 Å². The fourth-order valence-electron chi connectivity index (χ4n) is 3.55. The number of nitrogens with one attached hydrogen (secondary N) is 1. The summed E-state index contributed by atoms with van der Waals surface area (Å²) in [7, 11) is 0.0645. The molecule has 0 aliphatic carbocycles. The lowest BCUT2D eigenvalue weighted by Gasteiger charge is -2.35. The third kappa shape index (κ3) is 4.90. The van der Waals surface area contributed by atoms with Crippen molar-refractivity contribution in [1.29, 1.82) is 0 Å². The zero-order chi connectivity index (χ0) is 21.9. The summed E-state index contributed by atoms with van der Waals surface area (Å²) in [5.41, 5.74) is 2.59. The molecular formula is C23H33N3O3S. The first-order chi connectivity index (χ1) is 14.2. The number of piperazine rings is 1. The van der Waals surface area contributed by atoms with E-state index in [0.717, 1.165) is 49.6 Å². The molecule has 0 atom stereocenters. The lowest BCUT2D eigenvalue weighted by Crippen LogP contribution is -2.44. The van der Waals surface area contributed by atoms with Crippen molar-refractivity contribution >= 4 is 21.4 Å². The third-order valence-corrected chi connectivity index (χ3v) is 7.50. The Bertz CT molecular complexity index is 964. The summed E-state index contributed by atoms with van der Waals surface area (Å²) in [6, 6.07) is 12.6. The van der Waals surface area contributed by atoms with Crippen LogP contribution in [-0.4, -0.2) is 53.7 Å². The molecule has 0 aromatic heterocycles. The van der Waals surface area contributed by atoms with Gasteiger partial charge in [0.2, 0.25) is 0 Å². The van der Waals surface area contributed by atoms with Gasteiger partial charge in [-0.1, -0.05) is 32.9 Å². The highest BCUT2D eigenvalue weighted by molar-refractivity contribution is 7.92. The lowest BCUT2D eigenvalue weighted by molar-refractivity contribution is 0.311. The van der Waals surface area contributed by atoms with Gasteiger partial charge >= 0.3 is 0 Å². The van der Waals surface area contributed by atoms with Gasteiger partial charge in [0.25, 0.3) is 10.0 Å². The van der Waals surface area contributed by atoms with Crippen LogP contribution >= 0.6 is 0 Å². The minimum atomic E-state index is -3.68. The summed E-state index contributed by atoms with van der Waals surface area (Å²) in [5, 5.41) is 0. The molecule has 0 radical (unpaired) electrons. The first kappa shape index (κ1) is 22.4. The van der Waals surface area contributed by atoms with Gasteiger partial charge in [-0.05, 0) is 54.8 Å². The number of benzene rings is 2. The maximum atomic E-state index is 13.0. The van der Waals surface area contributed by atoms with Gasteiger partial charge in [-0.15, -0.1) is 0 Å². The van der Waals surface area contributed by atoms with Crippen LogP contribution in [0.4, 0.5) is 11.4 Å². The molecule has 0 saturated carbocycles. The maximum Gasteiger partial charge on any atom is 0.261 e. The Morgan fingerprint density at radius 1 is 1.03 bits per heavy atom. The topological polar surface area (TPSA) is 61.9 Å². The van der Waals surface area contributed by atoms with E-state index in [0.29, 0.717) is 5.69 Å². The molecule has 6 nitrogen and oxygen atoms in total. The molecule has 2 aromatic rings. The summed E-state index contributed by atoms with van der Waals surface area (Å²) in [5.74, 6) is 0.744. The summed E-state index contributed by atoms with van der Waals surface area (Å²) in [6.45, 7) is 10.1. The molecule has 3 rings (SSSR count). The van der Waals surface area contributed by atoms with Gasteiger partial charge in [0, 0.05) is 26.2 Å². The minimum Gasteiger partial charge on any atom is -0.495 e. The number of methoxy groups -OCH3 is 1. The molecule has 1 fully saturated rings. The number of rotatable bonds is 7. The van der Waals surface area contributed by atoms with Gasteiger partial charge in [-0.2, -0.15) is 0 Å². The van der Waals surface area contributed by atoms with Gasteiger partial charge in [-0.25, -0.2) is 8.42 Å². The molecule has 1 N–H and O–H groups in total. The highest BCUT2D eigenvalue weighted by Crippen LogP contribution is 2.33. The van der Waals surface area contributed by atoms with E-state index in [1.54, 1.807) is 25.3 Å². The van der Waals surface area contributed by atoms with Crippen LogP contribution in [-0.2, 0) is 15.4 Å². The Morgan fingerprint density at radius 2 is 1.67 bits per heavy atom. The van der Waals surface area contributed by atoms with E-state index >= 15 is 0 Å². The second-order valence-electron chi connectivity index (χ2n) is 8.54. The fraction of sp³-hybridized carbons (Fsp3) is 0.478. The quantitative estimate of drug-likeness (QED) is 0.720. The molecule has 1 saturated heterocycles.